The van der Waals surface area contributed by atoms with Gasteiger partial charge in [-0.3, -0.25) is 0 Å². The van der Waals surface area contributed by atoms with E-state index >= 15 is 0 Å². The molecular formula is C11H15NO5S2. The lowest BCUT2D eigenvalue weighted by Crippen LogP contribution is -2.63. The zero-order chi connectivity index (χ0) is 14.4. The molecule has 1 aromatic rings. The third-order valence-electron chi connectivity index (χ3n) is 3.31. The van der Waals surface area contributed by atoms with E-state index in [4.69, 9.17) is 5.11 Å². The van der Waals surface area contributed by atoms with Crippen LogP contribution in [-0.4, -0.2) is 47.6 Å². The Morgan fingerprint density at radius 3 is 2.58 bits per heavy atom. The summed E-state index contributed by atoms with van der Waals surface area (Å²) in [6, 6.07) is 0. The van der Waals surface area contributed by atoms with Crippen molar-refractivity contribution in [2.75, 3.05) is 13.1 Å². The highest BCUT2D eigenvalue weighted by molar-refractivity contribution is 7.89. The van der Waals surface area contributed by atoms with Gasteiger partial charge >= 0.3 is 5.97 Å². The van der Waals surface area contributed by atoms with E-state index in [9.17, 15) is 18.3 Å². The second kappa shape index (κ2) is 4.55. The molecule has 2 rings (SSSR count). The number of rotatable bonds is 4. The minimum absolute atomic E-state index is 0.0141. The minimum Gasteiger partial charge on any atom is -0.477 e. The number of aryl methyl sites for hydroxylation is 1. The van der Waals surface area contributed by atoms with Crippen LogP contribution in [0.3, 0.4) is 0 Å². The Morgan fingerprint density at radius 2 is 2.11 bits per heavy atom. The van der Waals surface area contributed by atoms with Crippen LogP contribution in [0.1, 0.15) is 28.6 Å². The largest absolute Gasteiger partial charge is 0.477 e. The molecule has 0 bridgehead atoms. The minimum atomic E-state index is -3.84. The standard InChI is InChI=1S/C11H15NO5S2/c1-3-11(15)5-12(6-11)19(16,17)9-7(2)4-18-8(9)10(13)14/h4,15H,3,5-6H2,1-2H3,(H,13,14). The van der Waals surface area contributed by atoms with Gasteiger partial charge in [0, 0.05) is 13.1 Å². The van der Waals surface area contributed by atoms with Gasteiger partial charge in [0.05, 0.1) is 5.60 Å². The molecule has 0 radical (unpaired) electrons. The van der Waals surface area contributed by atoms with Crippen LogP contribution in [0, 0.1) is 6.92 Å². The first-order valence-electron chi connectivity index (χ1n) is 5.75. The van der Waals surface area contributed by atoms with E-state index in [1.54, 1.807) is 13.8 Å². The van der Waals surface area contributed by atoms with Crippen LogP contribution in [0.5, 0.6) is 0 Å². The first kappa shape index (κ1) is 14.4. The molecule has 1 aliphatic rings. The van der Waals surface area contributed by atoms with E-state index in [1.165, 1.54) is 5.38 Å². The Labute approximate surface area is 115 Å². The maximum Gasteiger partial charge on any atom is 0.347 e. The zero-order valence-corrected chi connectivity index (χ0v) is 12.2. The molecule has 0 aliphatic carbocycles. The van der Waals surface area contributed by atoms with E-state index in [1.807, 2.05) is 0 Å². The lowest BCUT2D eigenvalue weighted by Gasteiger charge is -2.44. The summed E-state index contributed by atoms with van der Waals surface area (Å²) < 4.78 is 25.9. The second-order valence-corrected chi connectivity index (χ2v) is 7.49. The molecule has 106 valence electrons. The molecule has 8 heteroatoms. The highest BCUT2D eigenvalue weighted by Gasteiger charge is 2.47. The van der Waals surface area contributed by atoms with Crippen LogP contribution in [0.25, 0.3) is 0 Å². The van der Waals surface area contributed by atoms with Gasteiger partial charge in [0.15, 0.2) is 0 Å². The molecule has 0 aromatic carbocycles. The second-order valence-electron chi connectivity index (χ2n) is 4.73. The number of sulfonamides is 1. The fraction of sp³-hybridized carbons (Fsp3) is 0.545. The smallest absolute Gasteiger partial charge is 0.347 e. The molecule has 0 amide bonds. The Balaban J connectivity index is 2.37. The van der Waals surface area contributed by atoms with E-state index in [-0.39, 0.29) is 22.9 Å². The summed E-state index contributed by atoms with van der Waals surface area (Å²) in [5, 5.41) is 20.4. The Morgan fingerprint density at radius 1 is 1.53 bits per heavy atom. The van der Waals surface area contributed by atoms with Gasteiger partial charge < -0.3 is 10.2 Å². The third kappa shape index (κ3) is 2.29. The van der Waals surface area contributed by atoms with Gasteiger partial charge in [-0.1, -0.05) is 6.92 Å². The zero-order valence-electron chi connectivity index (χ0n) is 10.6. The maximum atomic E-state index is 12.4. The first-order chi connectivity index (χ1) is 8.71. The predicted octanol–water partition coefficient (Wildman–Crippen LogP) is 0.900. The fourth-order valence-corrected chi connectivity index (χ4v) is 5.22. The number of nitrogens with zero attached hydrogens (tertiary/aromatic N) is 1. The van der Waals surface area contributed by atoms with Crippen LogP contribution in [0.4, 0.5) is 0 Å². The van der Waals surface area contributed by atoms with Gasteiger partial charge in [0.25, 0.3) is 0 Å². The number of aromatic carboxylic acids is 1. The van der Waals surface area contributed by atoms with Crippen molar-refractivity contribution in [2.45, 2.75) is 30.8 Å². The van der Waals surface area contributed by atoms with Crippen molar-refractivity contribution in [3.63, 3.8) is 0 Å². The molecule has 19 heavy (non-hydrogen) atoms. The molecule has 1 aliphatic heterocycles. The molecule has 0 saturated carbocycles. The SMILES string of the molecule is CCC1(O)CN(S(=O)(=O)c2c(C)csc2C(=O)O)C1. The van der Waals surface area contributed by atoms with Crippen molar-refractivity contribution in [1.82, 2.24) is 4.31 Å². The summed E-state index contributed by atoms with van der Waals surface area (Å²) in [5.74, 6) is -1.25. The van der Waals surface area contributed by atoms with Gasteiger partial charge in [-0.05, 0) is 24.3 Å². The Bertz CT molecular complexity index is 613. The van der Waals surface area contributed by atoms with Crippen molar-refractivity contribution in [1.29, 1.82) is 0 Å². The van der Waals surface area contributed by atoms with Gasteiger partial charge in [-0.15, -0.1) is 11.3 Å². The number of carbonyl (C=O) groups is 1. The molecule has 2 N–H and O–H groups in total. The average Bonchev–Trinajstić information content (AvgIpc) is 2.67. The van der Waals surface area contributed by atoms with Crippen molar-refractivity contribution >= 4 is 27.3 Å². The first-order valence-corrected chi connectivity index (χ1v) is 8.07. The van der Waals surface area contributed by atoms with Crippen LogP contribution in [0.2, 0.25) is 0 Å². The van der Waals surface area contributed by atoms with Crippen molar-refractivity contribution < 1.29 is 23.4 Å². The van der Waals surface area contributed by atoms with Crippen LogP contribution < -0.4 is 0 Å². The third-order valence-corrected chi connectivity index (χ3v) is 6.50. The Kier molecular flexibility index (Phi) is 3.46. The molecule has 6 nitrogen and oxygen atoms in total. The van der Waals surface area contributed by atoms with E-state index in [0.717, 1.165) is 15.6 Å². The summed E-state index contributed by atoms with van der Waals surface area (Å²) in [7, 11) is -3.84. The molecule has 1 fully saturated rings. The van der Waals surface area contributed by atoms with Crippen molar-refractivity contribution in [3.8, 4) is 0 Å². The maximum absolute atomic E-state index is 12.4. The monoisotopic (exact) mass is 305 g/mol. The number of aliphatic hydroxyl groups is 1. The van der Waals surface area contributed by atoms with Gasteiger partial charge in [-0.25, -0.2) is 13.2 Å². The molecule has 0 spiro atoms. The molecular weight excluding hydrogens is 290 g/mol. The van der Waals surface area contributed by atoms with E-state index in [0.29, 0.717) is 12.0 Å². The normalized spacial score (nSPS) is 19.1. The summed E-state index contributed by atoms with van der Waals surface area (Å²) in [4.78, 5) is 10.7. The number of hydrogen-bond acceptors (Lipinski definition) is 5. The van der Waals surface area contributed by atoms with Gasteiger partial charge in [-0.2, -0.15) is 4.31 Å². The average molecular weight is 305 g/mol. The molecule has 2 heterocycles. The summed E-state index contributed by atoms with van der Waals surface area (Å²) in [6.07, 6.45) is 0.466. The van der Waals surface area contributed by atoms with E-state index < -0.39 is 21.6 Å². The summed E-state index contributed by atoms with van der Waals surface area (Å²) in [6.45, 7) is 3.38. The molecule has 1 saturated heterocycles. The van der Waals surface area contributed by atoms with Crippen LogP contribution in [0.15, 0.2) is 10.3 Å². The van der Waals surface area contributed by atoms with Crippen LogP contribution >= 0.6 is 11.3 Å². The Hall–Kier alpha value is -0.960. The summed E-state index contributed by atoms with van der Waals surface area (Å²) >= 11 is 0.901. The van der Waals surface area contributed by atoms with Gasteiger partial charge in [0.2, 0.25) is 10.0 Å². The van der Waals surface area contributed by atoms with Crippen LogP contribution in [-0.2, 0) is 10.0 Å². The summed E-state index contributed by atoms with van der Waals surface area (Å²) in [5.41, 5.74) is -0.560. The number of hydrogen-bond donors (Lipinski definition) is 2. The lowest BCUT2D eigenvalue weighted by atomic mass is 9.94. The van der Waals surface area contributed by atoms with Crippen molar-refractivity contribution in [3.05, 3.63) is 15.8 Å². The molecule has 1 aromatic heterocycles. The predicted molar refractivity (Wildman–Crippen MR) is 70.0 cm³/mol. The quantitative estimate of drug-likeness (QED) is 0.862. The number of β-amino-alcohol motifs (C(OH)–C–C–N with tert-alkyl or cyclic N) is 1. The molecule has 0 atom stereocenters. The van der Waals surface area contributed by atoms with Gasteiger partial charge in [0.1, 0.15) is 9.77 Å². The van der Waals surface area contributed by atoms with Crippen molar-refractivity contribution in [2.24, 2.45) is 0 Å². The number of thiophene rings is 1. The highest BCUT2D eigenvalue weighted by atomic mass is 32.2. The van der Waals surface area contributed by atoms with E-state index in [2.05, 4.69) is 0 Å². The lowest BCUT2D eigenvalue weighted by molar-refractivity contribution is -0.0613. The topological polar surface area (TPSA) is 94.9 Å². The fourth-order valence-electron chi connectivity index (χ4n) is 2.03. The molecule has 0 unspecified atom stereocenters. The number of carboxylic acid groups (broad SMARTS) is 1. The highest BCUT2D eigenvalue weighted by Crippen LogP contribution is 2.35. The number of carboxylic acids is 1.